The van der Waals surface area contributed by atoms with Gasteiger partial charge in [-0.25, -0.2) is 4.68 Å². The molecule has 2 rings (SSSR count). The van der Waals surface area contributed by atoms with E-state index in [1.807, 2.05) is 24.3 Å². The van der Waals surface area contributed by atoms with Crippen molar-refractivity contribution < 1.29 is 9.47 Å². The molecular weight excluding hydrogens is 242 g/mol. The molecule has 0 radical (unpaired) electrons. The number of hydrogen-bond acceptors (Lipinski definition) is 4. The van der Waals surface area contributed by atoms with Crippen LogP contribution in [-0.2, 0) is 13.0 Å². The summed E-state index contributed by atoms with van der Waals surface area (Å²) in [7, 11) is 3.28. The molecule has 2 N–H and O–H groups in total. The Morgan fingerprint density at radius 3 is 2.32 bits per heavy atom. The van der Waals surface area contributed by atoms with Gasteiger partial charge in [-0.15, -0.1) is 0 Å². The first-order valence-corrected chi connectivity index (χ1v) is 6.24. The molecule has 0 unspecified atom stereocenters. The zero-order valence-electron chi connectivity index (χ0n) is 11.5. The van der Waals surface area contributed by atoms with Crippen LogP contribution in [0.25, 0.3) is 5.69 Å². The highest BCUT2D eigenvalue weighted by atomic mass is 16.5. The van der Waals surface area contributed by atoms with Crippen LogP contribution >= 0.6 is 0 Å². The van der Waals surface area contributed by atoms with Crippen LogP contribution in [-0.4, -0.2) is 24.0 Å². The van der Waals surface area contributed by atoms with Gasteiger partial charge >= 0.3 is 0 Å². The molecule has 1 heterocycles. The third-order valence-electron chi connectivity index (χ3n) is 3.07. The van der Waals surface area contributed by atoms with Crippen molar-refractivity contribution in [3.63, 3.8) is 0 Å². The Balaban J connectivity index is 2.50. The van der Waals surface area contributed by atoms with Gasteiger partial charge in [0.1, 0.15) is 5.75 Å². The van der Waals surface area contributed by atoms with Crippen LogP contribution in [0.2, 0.25) is 0 Å². The van der Waals surface area contributed by atoms with Gasteiger partial charge < -0.3 is 15.2 Å². The maximum Gasteiger partial charge on any atom is 0.221 e. The van der Waals surface area contributed by atoms with Crippen molar-refractivity contribution in [1.29, 1.82) is 0 Å². The van der Waals surface area contributed by atoms with E-state index in [9.17, 15) is 0 Å². The number of nitrogens with zero attached hydrogens (tertiary/aromatic N) is 2. The van der Waals surface area contributed by atoms with E-state index in [0.717, 1.165) is 29.1 Å². The summed E-state index contributed by atoms with van der Waals surface area (Å²) in [5, 5.41) is 4.57. The molecule has 0 aliphatic heterocycles. The van der Waals surface area contributed by atoms with Crippen molar-refractivity contribution in [3.05, 3.63) is 35.5 Å². The number of benzene rings is 1. The fraction of sp³-hybridized carbons (Fsp3) is 0.357. The highest BCUT2D eigenvalue weighted by Gasteiger charge is 2.17. The molecule has 1 aromatic heterocycles. The fourth-order valence-corrected chi connectivity index (χ4v) is 2.08. The summed E-state index contributed by atoms with van der Waals surface area (Å²) in [6.07, 6.45) is 0.825. The summed E-state index contributed by atoms with van der Waals surface area (Å²) in [4.78, 5) is 0. The predicted molar refractivity (Wildman–Crippen MR) is 73.9 cm³/mol. The van der Waals surface area contributed by atoms with E-state index in [0.29, 0.717) is 12.4 Å². The van der Waals surface area contributed by atoms with E-state index < -0.39 is 0 Å². The van der Waals surface area contributed by atoms with E-state index in [1.165, 1.54) is 0 Å². The molecule has 0 saturated heterocycles. The van der Waals surface area contributed by atoms with Gasteiger partial charge in [0.25, 0.3) is 0 Å². The molecule has 0 fully saturated rings. The quantitative estimate of drug-likeness (QED) is 0.893. The van der Waals surface area contributed by atoms with Gasteiger partial charge in [0, 0.05) is 6.54 Å². The van der Waals surface area contributed by atoms with E-state index in [-0.39, 0.29) is 0 Å². The Morgan fingerprint density at radius 2 is 1.84 bits per heavy atom. The van der Waals surface area contributed by atoms with Crippen molar-refractivity contribution in [1.82, 2.24) is 9.78 Å². The van der Waals surface area contributed by atoms with Crippen LogP contribution in [0.5, 0.6) is 11.6 Å². The lowest BCUT2D eigenvalue weighted by Crippen LogP contribution is -2.03. The molecule has 1 aromatic carbocycles. The molecule has 0 aliphatic rings. The minimum absolute atomic E-state index is 0.419. The lowest BCUT2D eigenvalue weighted by atomic mass is 10.2. The molecule has 0 bridgehead atoms. The number of aromatic nitrogens is 2. The number of ether oxygens (including phenoxy) is 2. The second-order valence-corrected chi connectivity index (χ2v) is 4.10. The summed E-state index contributed by atoms with van der Waals surface area (Å²) in [6.45, 7) is 2.47. The minimum atomic E-state index is 0.419. The standard InChI is InChI=1S/C14H19N3O2/c1-4-13-12(9-15)14(19-3)17(16-13)10-5-7-11(18-2)8-6-10/h5-8H,4,9,15H2,1-3H3. The smallest absolute Gasteiger partial charge is 0.221 e. The fourth-order valence-electron chi connectivity index (χ4n) is 2.08. The van der Waals surface area contributed by atoms with Crippen molar-refractivity contribution in [2.45, 2.75) is 19.9 Å². The topological polar surface area (TPSA) is 62.3 Å². The molecule has 19 heavy (non-hydrogen) atoms. The Morgan fingerprint density at radius 1 is 1.16 bits per heavy atom. The van der Waals surface area contributed by atoms with Gasteiger partial charge in [-0.05, 0) is 30.7 Å². The number of methoxy groups -OCH3 is 2. The highest BCUT2D eigenvalue weighted by molar-refractivity contribution is 5.43. The van der Waals surface area contributed by atoms with Crippen LogP contribution in [0.4, 0.5) is 0 Å². The number of rotatable bonds is 5. The van der Waals surface area contributed by atoms with Crippen LogP contribution < -0.4 is 15.2 Å². The molecule has 0 saturated carbocycles. The van der Waals surface area contributed by atoms with E-state index in [2.05, 4.69) is 12.0 Å². The summed E-state index contributed by atoms with van der Waals surface area (Å²) >= 11 is 0. The SMILES string of the molecule is CCc1nn(-c2ccc(OC)cc2)c(OC)c1CN. The second kappa shape index (κ2) is 5.75. The Labute approximate surface area is 112 Å². The molecule has 5 heteroatoms. The molecule has 102 valence electrons. The number of hydrogen-bond donors (Lipinski definition) is 1. The zero-order chi connectivity index (χ0) is 13.8. The van der Waals surface area contributed by atoms with Crippen LogP contribution in [0.1, 0.15) is 18.2 Å². The first-order chi connectivity index (χ1) is 9.24. The lowest BCUT2D eigenvalue weighted by molar-refractivity contribution is 0.379. The Bertz CT molecular complexity index is 547. The summed E-state index contributed by atoms with van der Waals surface area (Å²) in [5.74, 6) is 1.51. The van der Waals surface area contributed by atoms with Crippen LogP contribution in [0.15, 0.2) is 24.3 Å². The van der Waals surface area contributed by atoms with Gasteiger partial charge in [-0.2, -0.15) is 5.10 Å². The van der Waals surface area contributed by atoms with Gasteiger partial charge in [-0.3, -0.25) is 0 Å². The lowest BCUT2D eigenvalue weighted by Gasteiger charge is -2.08. The number of nitrogens with two attached hydrogens (primary N) is 1. The van der Waals surface area contributed by atoms with Crippen molar-refractivity contribution in [2.75, 3.05) is 14.2 Å². The molecule has 0 spiro atoms. The third-order valence-corrected chi connectivity index (χ3v) is 3.07. The first-order valence-electron chi connectivity index (χ1n) is 6.24. The zero-order valence-corrected chi connectivity index (χ0v) is 11.5. The maximum atomic E-state index is 5.79. The molecule has 0 atom stereocenters. The normalized spacial score (nSPS) is 10.5. The van der Waals surface area contributed by atoms with E-state index >= 15 is 0 Å². The summed E-state index contributed by atoms with van der Waals surface area (Å²) in [5.41, 5.74) is 8.64. The second-order valence-electron chi connectivity index (χ2n) is 4.10. The van der Waals surface area contributed by atoms with Gasteiger partial charge in [0.15, 0.2) is 0 Å². The van der Waals surface area contributed by atoms with Crippen LogP contribution in [0, 0.1) is 0 Å². The predicted octanol–water partition coefficient (Wildman–Crippen LogP) is 1.91. The van der Waals surface area contributed by atoms with Crippen molar-refractivity contribution >= 4 is 0 Å². The van der Waals surface area contributed by atoms with Gasteiger partial charge in [0.2, 0.25) is 5.88 Å². The molecule has 0 aliphatic carbocycles. The molecule has 2 aromatic rings. The van der Waals surface area contributed by atoms with Crippen LogP contribution in [0.3, 0.4) is 0 Å². The Hall–Kier alpha value is -2.01. The Kier molecular flexibility index (Phi) is 4.06. The molecule has 0 amide bonds. The van der Waals surface area contributed by atoms with Gasteiger partial charge in [0.05, 0.1) is 31.2 Å². The average Bonchev–Trinajstić information content (AvgIpc) is 2.84. The summed E-state index contributed by atoms with van der Waals surface area (Å²) in [6, 6.07) is 7.66. The largest absolute Gasteiger partial charge is 0.497 e. The summed E-state index contributed by atoms with van der Waals surface area (Å²) < 4.78 is 12.4. The van der Waals surface area contributed by atoms with E-state index in [1.54, 1.807) is 18.9 Å². The minimum Gasteiger partial charge on any atom is -0.497 e. The van der Waals surface area contributed by atoms with E-state index in [4.69, 9.17) is 15.2 Å². The van der Waals surface area contributed by atoms with Crippen molar-refractivity contribution in [2.24, 2.45) is 5.73 Å². The average molecular weight is 261 g/mol. The monoisotopic (exact) mass is 261 g/mol. The molecular formula is C14H19N3O2. The maximum absolute atomic E-state index is 5.79. The first kappa shape index (κ1) is 13.4. The number of aryl methyl sites for hydroxylation is 1. The van der Waals surface area contributed by atoms with Gasteiger partial charge in [-0.1, -0.05) is 6.92 Å². The third kappa shape index (κ3) is 2.42. The highest BCUT2D eigenvalue weighted by Crippen LogP contribution is 2.26. The molecule has 5 nitrogen and oxygen atoms in total. The van der Waals surface area contributed by atoms with Crippen molar-refractivity contribution in [3.8, 4) is 17.3 Å².